The van der Waals surface area contributed by atoms with Gasteiger partial charge in [-0.2, -0.15) is 0 Å². The molecule has 7 nitrogen and oxygen atoms in total. The van der Waals surface area contributed by atoms with Gasteiger partial charge in [0.25, 0.3) is 0 Å². The molecule has 0 aromatic heterocycles. The van der Waals surface area contributed by atoms with Crippen molar-refractivity contribution in [1.82, 2.24) is 9.80 Å². The van der Waals surface area contributed by atoms with E-state index in [0.717, 1.165) is 51.6 Å². The third kappa shape index (κ3) is 8.07. The molecule has 1 aliphatic carbocycles. The van der Waals surface area contributed by atoms with E-state index in [0.29, 0.717) is 11.5 Å². The molecule has 39 heavy (non-hydrogen) atoms. The van der Waals surface area contributed by atoms with Crippen molar-refractivity contribution in [3.05, 3.63) is 71.3 Å². The Balaban J connectivity index is 1.25. The van der Waals surface area contributed by atoms with Gasteiger partial charge in [-0.15, -0.1) is 0 Å². The van der Waals surface area contributed by atoms with Gasteiger partial charge in [0.15, 0.2) is 0 Å². The minimum atomic E-state index is -0.614. The SMILES string of the molecule is COC(=O)c1ccc(CCCC2CCN(C(=O)CN(C(=O)OC(C)(C)C)[C@@H]3CC3c3ccccc3)CC2)cc1. The van der Waals surface area contributed by atoms with Gasteiger partial charge in [0.2, 0.25) is 5.91 Å². The van der Waals surface area contributed by atoms with Crippen molar-refractivity contribution in [2.75, 3.05) is 26.7 Å². The van der Waals surface area contributed by atoms with Gasteiger partial charge in [-0.05, 0) is 88.5 Å². The summed E-state index contributed by atoms with van der Waals surface area (Å²) in [5.74, 6) is 0.527. The number of hydrogen-bond acceptors (Lipinski definition) is 5. The second-order valence-electron chi connectivity index (χ2n) is 11.8. The van der Waals surface area contributed by atoms with Gasteiger partial charge in [-0.3, -0.25) is 9.69 Å². The number of rotatable bonds is 9. The number of hydrogen-bond donors (Lipinski definition) is 0. The van der Waals surface area contributed by atoms with Gasteiger partial charge < -0.3 is 14.4 Å². The van der Waals surface area contributed by atoms with E-state index in [1.54, 1.807) is 4.90 Å². The second-order valence-corrected chi connectivity index (χ2v) is 11.8. The Morgan fingerprint density at radius 2 is 1.64 bits per heavy atom. The zero-order valence-electron chi connectivity index (χ0n) is 23.7. The van der Waals surface area contributed by atoms with Crippen LogP contribution in [-0.2, 0) is 20.7 Å². The highest BCUT2D eigenvalue weighted by molar-refractivity contribution is 5.89. The van der Waals surface area contributed by atoms with Gasteiger partial charge >= 0.3 is 12.1 Å². The van der Waals surface area contributed by atoms with E-state index in [4.69, 9.17) is 9.47 Å². The third-order valence-corrected chi connectivity index (χ3v) is 7.74. The predicted molar refractivity (Wildman–Crippen MR) is 151 cm³/mol. The summed E-state index contributed by atoms with van der Waals surface area (Å²) in [4.78, 5) is 41.6. The first-order valence-corrected chi connectivity index (χ1v) is 14.1. The van der Waals surface area contributed by atoms with Crippen LogP contribution in [0.3, 0.4) is 0 Å². The molecule has 4 rings (SSSR count). The molecule has 1 aliphatic heterocycles. The number of nitrogens with zero attached hydrogens (tertiary/aromatic N) is 2. The number of carbonyl (C=O) groups excluding carboxylic acids is 3. The van der Waals surface area contributed by atoms with Crippen LogP contribution < -0.4 is 0 Å². The summed E-state index contributed by atoms with van der Waals surface area (Å²) >= 11 is 0. The lowest BCUT2D eigenvalue weighted by atomic mass is 9.90. The van der Waals surface area contributed by atoms with Crippen LogP contribution in [0.1, 0.15) is 80.3 Å². The van der Waals surface area contributed by atoms with Crippen molar-refractivity contribution >= 4 is 18.0 Å². The van der Waals surface area contributed by atoms with Crippen LogP contribution >= 0.6 is 0 Å². The Bertz CT molecular complexity index is 1120. The van der Waals surface area contributed by atoms with Crippen LogP contribution in [0.25, 0.3) is 0 Å². The van der Waals surface area contributed by atoms with E-state index in [1.807, 2.05) is 68.1 Å². The van der Waals surface area contributed by atoms with Crippen molar-refractivity contribution in [2.45, 2.75) is 76.9 Å². The number of likely N-dealkylation sites (tertiary alicyclic amines) is 1. The summed E-state index contributed by atoms with van der Waals surface area (Å²) < 4.78 is 10.4. The Kier molecular flexibility index (Phi) is 9.31. The zero-order chi connectivity index (χ0) is 28.0. The second kappa shape index (κ2) is 12.7. The first-order valence-electron chi connectivity index (χ1n) is 14.1. The minimum absolute atomic E-state index is 0.00344. The standard InChI is InChI=1S/C32H42N2O5/c1-32(2,3)39-31(37)34(28-21-27(28)25-11-6-5-7-12-25)22-29(35)33-19-17-24(18-20-33)10-8-9-23-13-15-26(16-14-23)30(36)38-4/h5-7,11-16,24,27-28H,8-10,17-22H2,1-4H3/t27?,28-/m1/s1. The molecule has 210 valence electrons. The van der Waals surface area contributed by atoms with Crippen LogP contribution in [0.4, 0.5) is 4.79 Å². The van der Waals surface area contributed by atoms with E-state index in [9.17, 15) is 14.4 Å². The fourth-order valence-corrected chi connectivity index (χ4v) is 5.46. The predicted octanol–water partition coefficient (Wildman–Crippen LogP) is 5.83. The lowest BCUT2D eigenvalue weighted by molar-refractivity contribution is -0.134. The lowest BCUT2D eigenvalue weighted by Gasteiger charge is -2.34. The number of aryl methyl sites for hydroxylation is 1. The molecule has 0 radical (unpaired) electrons. The topological polar surface area (TPSA) is 76.2 Å². The Hall–Kier alpha value is -3.35. The third-order valence-electron chi connectivity index (χ3n) is 7.74. The minimum Gasteiger partial charge on any atom is -0.465 e. The average molecular weight is 535 g/mol. The molecule has 2 atom stereocenters. The first-order chi connectivity index (χ1) is 18.6. The summed E-state index contributed by atoms with van der Waals surface area (Å²) in [6.07, 6.45) is 5.56. The molecular formula is C32H42N2O5. The van der Waals surface area contributed by atoms with Crippen LogP contribution in [0.15, 0.2) is 54.6 Å². The summed E-state index contributed by atoms with van der Waals surface area (Å²) in [6, 6.07) is 17.8. The molecule has 2 aromatic carbocycles. The number of amides is 2. The number of methoxy groups -OCH3 is 1. The number of piperidine rings is 1. The van der Waals surface area contributed by atoms with Gasteiger partial charge in [-0.25, -0.2) is 9.59 Å². The smallest absolute Gasteiger partial charge is 0.411 e. The molecule has 1 heterocycles. The Morgan fingerprint density at radius 1 is 0.974 bits per heavy atom. The van der Waals surface area contributed by atoms with E-state index in [1.165, 1.54) is 18.2 Å². The maximum atomic E-state index is 13.3. The van der Waals surface area contributed by atoms with E-state index < -0.39 is 11.7 Å². The van der Waals surface area contributed by atoms with Gasteiger partial charge in [-0.1, -0.05) is 42.5 Å². The van der Waals surface area contributed by atoms with Crippen molar-refractivity contribution in [3.8, 4) is 0 Å². The Morgan fingerprint density at radius 3 is 2.26 bits per heavy atom. The van der Waals surface area contributed by atoms with Gasteiger partial charge in [0.1, 0.15) is 12.1 Å². The zero-order valence-corrected chi connectivity index (χ0v) is 23.7. The number of esters is 1. The van der Waals surface area contributed by atoms with Crippen molar-refractivity contribution < 1.29 is 23.9 Å². The molecule has 0 bridgehead atoms. The highest BCUT2D eigenvalue weighted by Crippen LogP contribution is 2.45. The molecule has 2 aromatic rings. The molecule has 1 saturated heterocycles. The number of benzene rings is 2. The van der Waals surface area contributed by atoms with E-state index in [2.05, 4.69) is 12.1 Å². The maximum Gasteiger partial charge on any atom is 0.411 e. The largest absolute Gasteiger partial charge is 0.465 e. The summed E-state index contributed by atoms with van der Waals surface area (Å²) in [5.41, 5.74) is 2.37. The normalized spacial score (nSPS) is 19.3. The molecule has 1 saturated carbocycles. The van der Waals surface area contributed by atoms with Crippen molar-refractivity contribution in [3.63, 3.8) is 0 Å². The molecule has 2 fully saturated rings. The summed E-state index contributed by atoms with van der Waals surface area (Å²) in [5, 5.41) is 0. The van der Waals surface area contributed by atoms with E-state index in [-0.39, 0.29) is 30.4 Å². The van der Waals surface area contributed by atoms with Gasteiger partial charge in [0, 0.05) is 25.0 Å². The average Bonchev–Trinajstić information content (AvgIpc) is 3.72. The fourth-order valence-electron chi connectivity index (χ4n) is 5.46. The van der Waals surface area contributed by atoms with Gasteiger partial charge in [0.05, 0.1) is 12.7 Å². The maximum absolute atomic E-state index is 13.3. The molecule has 2 aliphatic rings. The molecule has 2 amide bonds. The van der Waals surface area contributed by atoms with Crippen molar-refractivity contribution in [1.29, 1.82) is 0 Å². The van der Waals surface area contributed by atoms with Crippen LogP contribution in [0, 0.1) is 5.92 Å². The monoisotopic (exact) mass is 534 g/mol. The van der Waals surface area contributed by atoms with E-state index >= 15 is 0 Å². The van der Waals surface area contributed by atoms with Crippen LogP contribution in [0.5, 0.6) is 0 Å². The van der Waals surface area contributed by atoms with Crippen molar-refractivity contribution in [2.24, 2.45) is 5.92 Å². The first kappa shape index (κ1) is 28.7. The molecule has 0 spiro atoms. The summed E-state index contributed by atoms with van der Waals surface area (Å²) in [7, 11) is 1.39. The fraction of sp³-hybridized carbons (Fsp3) is 0.531. The highest BCUT2D eigenvalue weighted by atomic mass is 16.6. The number of carbonyl (C=O) groups is 3. The molecule has 1 unspecified atom stereocenters. The quantitative estimate of drug-likeness (QED) is 0.379. The molecular weight excluding hydrogens is 492 g/mol. The van der Waals surface area contributed by atoms with Crippen LogP contribution in [-0.4, -0.2) is 66.2 Å². The van der Waals surface area contributed by atoms with Crippen LogP contribution in [0.2, 0.25) is 0 Å². The molecule has 0 N–H and O–H groups in total. The summed E-state index contributed by atoms with van der Waals surface area (Å²) in [6.45, 7) is 7.09. The lowest BCUT2D eigenvalue weighted by Crippen LogP contribution is -2.48. The molecule has 7 heteroatoms. The Labute approximate surface area is 232 Å². The highest BCUT2D eigenvalue weighted by Gasteiger charge is 2.47. The number of ether oxygens (including phenoxy) is 2.